The second kappa shape index (κ2) is 23.4. The number of hydrogen-bond donors (Lipinski definition) is 0. The summed E-state index contributed by atoms with van der Waals surface area (Å²) in [5.41, 5.74) is 0. The van der Waals surface area contributed by atoms with Gasteiger partial charge in [0.2, 0.25) is 0 Å². The van der Waals surface area contributed by atoms with Gasteiger partial charge in [0.1, 0.15) is 0 Å². The molecule has 0 rings (SSSR count). The van der Waals surface area contributed by atoms with E-state index in [4.69, 9.17) is 0 Å². The fourth-order valence-corrected chi connectivity index (χ4v) is 0. The van der Waals surface area contributed by atoms with E-state index in [9.17, 15) is 0 Å². The molecule has 0 amide bonds. The van der Waals surface area contributed by atoms with Crippen molar-refractivity contribution in [1.82, 2.24) is 0 Å². The molecule has 1 radical (unpaired) electrons. The molecular weight excluding hydrogens is 208 g/mol. The first-order valence-electron chi connectivity index (χ1n) is 0. The maximum absolute atomic E-state index is 0. The number of rotatable bonds is 0. The standard InChI is InChI=1S/Ce.ClH2.2O/h;1H2;;/q+3;+1;2*-2. The van der Waals surface area contributed by atoms with Crippen LogP contribution < -0.4 is 0 Å². The van der Waals surface area contributed by atoms with Crippen LogP contribution in [-0.4, -0.2) is 0 Å². The summed E-state index contributed by atoms with van der Waals surface area (Å²) in [6.45, 7) is 0. The maximum atomic E-state index is 0. The predicted octanol–water partition coefficient (Wildman–Crippen LogP) is -0.773. The largest absolute Gasteiger partial charge is 3.00 e. The van der Waals surface area contributed by atoms with Crippen LogP contribution in [0.1, 0.15) is 0 Å². The Morgan fingerprint density at radius 3 is 0.750 bits per heavy atom. The Hall–Kier alpha value is 1.59. The van der Waals surface area contributed by atoms with Gasteiger partial charge in [0.25, 0.3) is 0 Å². The third-order valence-corrected chi connectivity index (χ3v) is 0. The molecule has 0 heterocycles. The van der Waals surface area contributed by atoms with Crippen molar-refractivity contribution in [1.29, 1.82) is 0 Å². The molecule has 0 aromatic carbocycles. The van der Waals surface area contributed by atoms with E-state index in [1.807, 2.05) is 0 Å². The van der Waals surface area contributed by atoms with Gasteiger partial charge in [-0.2, -0.15) is 0 Å². The summed E-state index contributed by atoms with van der Waals surface area (Å²) in [5.74, 6) is 0. The minimum Gasteiger partial charge on any atom is -2.00 e. The zero-order chi connectivity index (χ0) is 0. The van der Waals surface area contributed by atoms with Gasteiger partial charge < -0.3 is 11.0 Å². The van der Waals surface area contributed by atoms with E-state index in [1.165, 1.54) is 0 Å². The predicted molar refractivity (Wildman–Crippen MR) is 4.16 cm³/mol. The number of halogens is 1. The SMILES string of the molecule is [Ce+3].[ClH2+].[O-2].[O-2]. The monoisotopic (exact) mass is 209 g/mol. The molecule has 0 fully saturated rings. The van der Waals surface area contributed by atoms with Crippen LogP contribution in [0, 0.1) is 54.2 Å². The summed E-state index contributed by atoms with van der Waals surface area (Å²) < 4.78 is 0. The Morgan fingerprint density at radius 1 is 0.750 bits per heavy atom. The van der Waals surface area contributed by atoms with Crippen molar-refractivity contribution in [3.8, 4) is 0 Å². The molecule has 0 saturated heterocycles. The zero-order valence-electron chi connectivity index (χ0n) is 1.76. The fourth-order valence-electron chi connectivity index (χ4n) is 0. The van der Waals surface area contributed by atoms with Gasteiger partial charge in [-0.05, 0) is 0 Å². The first kappa shape index (κ1) is 46.7. The topological polar surface area (TPSA) is 57.0 Å². The van der Waals surface area contributed by atoms with Crippen molar-refractivity contribution in [3.63, 3.8) is 0 Å². The van der Waals surface area contributed by atoms with Crippen LogP contribution in [0.5, 0.6) is 0 Å². The average Bonchev–Trinajstić information content (AvgIpc) is 0. The Balaban J connectivity index is 0. The van der Waals surface area contributed by atoms with Gasteiger partial charge in [-0.25, -0.2) is 0 Å². The third kappa shape index (κ3) is 9.53. The van der Waals surface area contributed by atoms with Gasteiger partial charge in [0.15, 0.2) is 0 Å². The number of hydrogen-bond acceptors (Lipinski definition) is 0. The van der Waals surface area contributed by atoms with Crippen LogP contribution >= 0.6 is 0 Å². The molecule has 2 nitrogen and oxygen atoms in total. The molecule has 0 aliphatic carbocycles. The van der Waals surface area contributed by atoms with Gasteiger partial charge in [-0.3, -0.25) is 0 Å². The molecule has 0 aromatic heterocycles. The van der Waals surface area contributed by atoms with E-state index in [-0.39, 0.29) is 65.1 Å². The van der Waals surface area contributed by atoms with Crippen LogP contribution in [0.4, 0.5) is 0 Å². The third-order valence-electron chi connectivity index (χ3n) is 0. The van der Waals surface area contributed by atoms with E-state index in [0.717, 1.165) is 0 Å². The fraction of sp³-hybridized carbons (Fsp3) is 0. The second-order valence-corrected chi connectivity index (χ2v) is 0. The maximum Gasteiger partial charge on any atom is 3.00 e. The Bertz CT molecular complexity index is 6.00. The first-order valence-corrected chi connectivity index (χ1v) is 0. The molecule has 25 valence electrons. The van der Waals surface area contributed by atoms with E-state index >= 15 is 0 Å². The molecule has 4 heteroatoms. The van der Waals surface area contributed by atoms with Crippen LogP contribution in [-0.2, 0) is 11.0 Å². The van der Waals surface area contributed by atoms with Crippen LogP contribution in [0.25, 0.3) is 0 Å². The van der Waals surface area contributed by atoms with Gasteiger partial charge in [0, 0.05) is 0 Å². The molecule has 0 N–H and O–H groups in total. The van der Waals surface area contributed by atoms with Gasteiger partial charge in [-0.15, -0.1) is 0 Å². The van der Waals surface area contributed by atoms with E-state index < -0.39 is 0 Å². The molecule has 0 aliphatic heterocycles. The van der Waals surface area contributed by atoms with Crippen molar-refractivity contribution >= 4 is 0 Å². The molecule has 0 unspecified atom stereocenters. The summed E-state index contributed by atoms with van der Waals surface area (Å²) in [6, 6.07) is 0. The van der Waals surface area contributed by atoms with E-state index in [0.29, 0.717) is 0 Å². The van der Waals surface area contributed by atoms with Gasteiger partial charge in [-0.1, -0.05) is 0 Å². The van der Waals surface area contributed by atoms with Crippen molar-refractivity contribution in [3.05, 3.63) is 0 Å². The van der Waals surface area contributed by atoms with Crippen LogP contribution in [0.3, 0.4) is 0 Å². The second-order valence-electron chi connectivity index (χ2n) is 0. The Labute approximate surface area is 64.4 Å². The minimum atomic E-state index is 0. The smallest absolute Gasteiger partial charge is 2.00 e. The van der Waals surface area contributed by atoms with Crippen molar-refractivity contribution in [2.45, 2.75) is 0 Å². The van der Waals surface area contributed by atoms with E-state index in [2.05, 4.69) is 0 Å². The van der Waals surface area contributed by atoms with Crippen molar-refractivity contribution in [2.75, 3.05) is 0 Å². The van der Waals surface area contributed by atoms with Gasteiger partial charge in [0.05, 0.1) is 12.4 Å². The van der Waals surface area contributed by atoms with Crippen LogP contribution in [0.2, 0.25) is 0 Å². The molecule has 0 spiro atoms. The molecule has 0 aromatic rings. The van der Waals surface area contributed by atoms with E-state index in [1.54, 1.807) is 0 Å². The summed E-state index contributed by atoms with van der Waals surface area (Å²) in [6.07, 6.45) is 0. The summed E-state index contributed by atoms with van der Waals surface area (Å²) in [7, 11) is 0. The Morgan fingerprint density at radius 2 is 0.750 bits per heavy atom. The molecular formula is H2CeClO2. The summed E-state index contributed by atoms with van der Waals surface area (Å²) in [4.78, 5) is 0. The van der Waals surface area contributed by atoms with Crippen LogP contribution in [0.15, 0.2) is 0 Å². The normalized spacial score (nSPS) is 0. The van der Waals surface area contributed by atoms with Gasteiger partial charge >= 0.3 is 41.7 Å². The quantitative estimate of drug-likeness (QED) is 0.503. The van der Waals surface area contributed by atoms with Crippen molar-refractivity contribution < 1.29 is 65.1 Å². The average molecular weight is 210 g/mol. The molecule has 4 heavy (non-hydrogen) atoms. The summed E-state index contributed by atoms with van der Waals surface area (Å²) >= 11 is 0. The zero-order valence-corrected chi connectivity index (χ0v) is 5.80. The Kier molecular flexibility index (Phi) is 274. The molecule has 0 bridgehead atoms. The first-order chi connectivity index (χ1) is 0. The molecule has 0 saturated carbocycles. The summed E-state index contributed by atoms with van der Waals surface area (Å²) in [5, 5.41) is 0. The molecule has 0 atom stereocenters. The molecule has 0 aliphatic rings. The van der Waals surface area contributed by atoms with Crippen molar-refractivity contribution in [2.24, 2.45) is 0 Å². The minimum absolute atomic E-state index is 0.